The molecule has 4 aromatic carbocycles. The van der Waals surface area contributed by atoms with Gasteiger partial charge in [-0.1, -0.05) is 48.7 Å². The predicted octanol–water partition coefficient (Wildman–Crippen LogP) is 7.67. The highest BCUT2D eigenvalue weighted by Crippen LogP contribution is 2.32. The molecular formula is C30H30N2O5S2. The van der Waals surface area contributed by atoms with Gasteiger partial charge < -0.3 is 14.6 Å². The summed E-state index contributed by atoms with van der Waals surface area (Å²) in [6.45, 7) is 5.91. The number of ether oxygens (including phenoxy) is 1. The summed E-state index contributed by atoms with van der Waals surface area (Å²) in [6, 6.07) is 24.5. The van der Waals surface area contributed by atoms with E-state index in [9.17, 15) is 18.3 Å². The molecule has 4 aromatic rings. The maximum absolute atomic E-state index is 12.9. The average molecular weight is 563 g/mol. The highest BCUT2D eigenvalue weighted by atomic mass is 32.2. The van der Waals surface area contributed by atoms with E-state index in [1.54, 1.807) is 54.6 Å². The minimum absolute atomic E-state index is 0.0726. The lowest BCUT2D eigenvalue weighted by atomic mass is 10.1. The van der Waals surface area contributed by atoms with Crippen molar-refractivity contribution in [3.63, 3.8) is 0 Å². The molecule has 3 N–H and O–H groups in total. The van der Waals surface area contributed by atoms with Crippen LogP contribution in [0.5, 0.6) is 11.5 Å². The largest absolute Gasteiger partial charge is 0.478 e. The number of carboxylic acid groups (broad SMARTS) is 1. The van der Waals surface area contributed by atoms with Gasteiger partial charge >= 0.3 is 5.97 Å². The van der Waals surface area contributed by atoms with Gasteiger partial charge in [-0.15, -0.1) is 0 Å². The van der Waals surface area contributed by atoms with E-state index in [1.807, 2.05) is 45.0 Å². The minimum Gasteiger partial charge on any atom is -0.478 e. The molecule has 0 fully saturated rings. The van der Waals surface area contributed by atoms with Crippen molar-refractivity contribution in [2.24, 2.45) is 0 Å². The fraction of sp³-hybridized carbons (Fsp3) is 0.167. The van der Waals surface area contributed by atoms with Gasteiger partial charge in [-0.3, -0.25) is 4.72 Å². The Kier molecular flexibility index (Phi) is 8.83. The molecule has 0 saturated heterocycles. The summed E-state index contributed by atoms with van der Waals surface area (Å²) >= 11 is 1.33. The highest BCUT2D eigenvalue weighted by molar-refractivity contribution is 8.00. The zero-order valence-electron chi connectivity index (χ0n) is 21.9. The Labute approximate surface area is 233 Å². The van der Waals surface area contributed by atoms with Gasteiger partial charge in [0.05, 0.1) is 21.8 Å². The lowest BCUT2D eigenvalue weighted by Gasteiger charge is -2.15. The smallest absolute Gasteiger partial charge is 0.337 e. The van der Waals surface area contributed by atoms with Crippen LogP contribution in [-0.4, -0.2) is 19.5 Å². The topological polar surface area (TPSA) is 105 Å². The quantitative estimate of drug-likeness (QED) is 0.161. The Hall–Kier alpha value is -3.95. The lowest BCUT2D eigenvalue weighted by molar-refractivity contribution is 0.0697. The molecule has 0 aliphatic heterocycles. The monoisotopic (exact) mass is 562 g/mol. The summed E-state index contributed by atoms with van der Waals surface area (Å²) in [4.78, 5) is 13.1. The van der Waals surface area contributed by atoms with Gasteiger partial charge in [0, 0.05) is 4.90 Å². The van der Waals surface area contributed by atoms with E-state index in [-0.39, 0.29) is 10.5 Å². The van der Waals surface area contributed by atoms with Crippen molar-refractivity contribution >= 4 is 39.3 Å². The first kappa shape index (κ1) is 28.1. The number of rotatable bonds is 11. The van der Waals surface area contributed by atoms with Crippen molar-refractivity contribution in [1.29, 1.82) is 0 Å². The molecule has 0 heterocycles. The number of carbonyl (C=O) groups is 1. The van der Waals surface area contributed by atoms with Crippen LogP contribution in [0.25, 0.3) is 0 Å². The Bertz CT molecular complexity index is 1570. The van der Waals surface area contributed by atoms with E-state index in [0.717, 1.165) is 28.0 Å². The molecule has 9 heteroatoms. The van der Waals surface area contributed by atoms with E-state index >= 15 is 0 Å². The Morgan fingerprint density at radius 2 is 1.44 bits per heavy atom. The van der Waals surface area contributed by atoms with Gasteiger partial charge in [0.15, 0.2) is 0 Å². The third-order valence-electron chi connectivity index (χ3n) is 5.93. The second-order valence-corrected chi connectivity index (χ2v) is 11.7. The molecule has 0 unspecified atom stereocenters. The van der Waals surface area contributed by atoms with Gasteiger partial charge in [0.25, 0.3) is 10.0 Å². The summed E-state index contributed by atoms with van der Waals surface area (Å²) in [5, 5.41) is 9.79. The number of aromatic carboxylic acids is 1. The third kappa shape index (κ3) is 7.34. The van der Waals surface area contributed by atoms with Crippen molar-refractivity contribution in [2.75, 3.05) is 9.44 Å². The van der Waals surface area contributed by atoms with Crippen LogP contribution in [0.2, 0.25) is 0 Å². The van der Waals surface area contributed by atoms with Crippen LogP contribution in [0, 0.1) is 13.8 Å². The molecular weight excluding hydrogens is 532 g/mol. The first-order valence-corrected chi connectivity index (χ1v) is 14.7. The van der Waals surface area contributed by atoms with Crippen LogP contribution in [0.3, 0.4) is 0 Å². The van der Waals surface area contributed by atoms with E-state index in [2.05, 4.69) is 9.44 Å². The van der Waals surface area contributed by atoms with Crippen LogP contribution in [0.15, 0.2) is 94.7 Å². The standard InChI is InChI=1S/C30H30N2O5S2/c1-4-5-22-18-23(10-16-28(22)32-39(35,36)26-14-8-21(3)9-15-26)37-24-11-17-29(27(19-24)30(33)34)31-38-25-12-6-20(2)7-13-25/h6-19,31-32H,4-5H2,1-3H3,(H,33,34). The Morgan fingerprint density at radius 1 is 0.846 bits per heavy atom. The second kappa shape index (κ2) is 12.3. The Balaban J connectivity index is 1.53. The number of carboxylic acids is 1. The van der Waals surface area contributed by atoms with Gasteiger partial charge in [-0.2, -0.15) is 0 Å². The van der Waals surface area contributed by atoms with Gasteiger partial charge in [-0.05, 0) is 98.4 Å². The normalized spacial score (nSPS) is 11.2. The average Bonchev–Trinajstić information content (AvgIpc) is 2.90. The molecule has 4 rings (SSSR count). The summed E-state index contributed by atoms with van der Waals surface area (Å²) in [5.41, 5.74) is 3.89. The van der Waals surface area contributed by atoms with Crippen molar-refractivity contribution in [3.05, 3.63) is 107 Å². The molecule has 0 spiro atoms. The maximum Gasteiger partial charge on any atom is 0.337 e. The summed E-state index contributed by atoms with van der Waals surface area (Å²) in [6.07, 6.45) is 1.42. The summed E-state index contributed by atoms with van der Waals surface area (Å²) in [5.74, 6) is -0.253. The number of benzene rings is 4. The van der Waals surface area contributed by atoms with E-state index in [1.165, 1.54) is 18.0 Å². The molecule has 0 bridgehead atoms. The summed E-state index contributed by atoms with van der Waals surface area (Å²) in [7, 11) is -3.76. The molecule has 0 amide bonds. The molecule has 0 aliphatic carbocycles. The van der Waals surface area contributed by atoms with E-state index < -0.39 is 16.0 Å². The fourth-order valence-corrected chi connectivity index (χ4v) is 5.62. The molecule has 0 saturated carbocycles. The van der Waals surface area contributed by atoms with Crippen molar-refractivity contribution in [3.8, 4) is 11.5 Å². The van der Waals surface area contributed by atoms with Crippen LogP contribution in [0.4, 0.5) is 11.4 Å². The van der Waals surface area contributed by atoms with Crippen LogP contribution in [-0.2, 0) is 16.4 Å². The maximum atomic E-state index is 12.9. The zero-order valence-corrected chi connectivity index (χ0v) is 23.5. The molecule has 0 aromatic heterocycles. The van der Waals surface area contributed by atoms with Crippen molar-refractivity contribution < 1.29 is 23.1 Å². The number of nitrogens with one attached hydrogen (secondary N) is 2. The number of aryl methyl sites for hydroxylation is 3. The number of hydrogen-bond acceptors (Lipinski definition) is 6. The summed E-state index contributed by atoms with van der Waals surface area (Å²) < 4.78 is 37.7. The SMILES string of the molecule is CCCc1cc(Oc2ccc(NSc3ccc(C)cc3)c(C(=O)O)c2)ccc1NS(=O)(=O)c1ccc(C)cc1. The van der Waals surface area contributed by atoms with Crippen LogP contribution < -0.4 is 14.2 Å². The van der Waals surface area contributed by atoms with Crippen molar-refractivity contribution in [1.82, 2.24) is 0 Å². The number of hydrogen-bond donors (Lipinski definition) is 3. The molecule has 39 heavy (non-hydrogen) atoms. The van der Waals surface area contributed by atoms with E-state index in [0.29, 0.717) is 29.3 Å². The van der Waals surface area contributed by atoms with Crippen molar-refractivity contribution in [2.45, 2.75) is 43.4 Å². The molecule has 7 nitrogen and oxygen atoms in total. The first-order valence-electron chi connectivity index (χ1n) is 12.4. The lowest BCUT2D eigenvalue weighted by Crippen LogP contribution is -2.14. The van der Waals surface area contributed by atoms with Gasteiger partial charge in [0.2, 0.25) is 0 Å². The zero-order chi connectivity index (χ0) is 28.0. The van der Waals surface area contributed by atoms with Crippen LogP contribution >= 0.6 is 11.9 Å². The van der Waals surface area contributed by atoms with Gasteiger partial charge in [-0.25, -0.2) is 13.2 Å². The van der Waals surface area contributed by atoms with E-state index in [4.69, 9.17) is 4.74 Å². The van der Waals surface area contributed by atoms with Gasteiger partial charge in [0.1, 0.15) is 11.5 Å². The number of anilines is 2. The fourth-order valence-electron chi connectivity index (χ4n) is 3.84. The minimum atomic E-state index is -3.76. The second-order valence-electron chi connectivity index (χ2n) is 9.12. The predicted molar refractivity (Wildman–Crippen MR) is 157 cm³/mol. The first-order chi connectivity index (χ1) is 18.6. The Morgan fingerprint density at radius 3 is 2.05 bits per heavy atom. The molecule has 202 valence electrons. The van der Waals surface area contributed by atoms with Crippen LogP contribution in [0.1, 0.15) is 40.4 Å². The molecule has 0 aliphatic rings. The molecule has 0 radical (unpaired) electrons. The highest BCUT2D eigenvalue weighted by Gasteiger charge is 2.17. The third-order valence-corrected chi connectivity index (χ3v) is 8.14. The molecule has 0 atom stereocenters. The number of sulfonamides is 1.